The Morgan fingerprint density at radius 2 is 1.79 bits per heavy atom. The maximum atomic E-state index is 12.8. The first kappa shape index (κ1) is 16.1. The van der Waals surface area contributed by atoms with E-state index in [1.54, 1.807) is 13.2 Å². The zero-order chi connectivity index (χ0) is 17.1. The van der Waals surface area contributed by atoms with Crippen molar-refractivity contribution in [3.8, 4) is 5.75 Å². The van der Waals surface area contributed by atoms with Gasteiger partial charge in [-0.05, 0) is 17.2 Å². The van der Waals surface area contributed by atoms with Gasteiger partial charge in [-0.2, -0.15) is 0 Å². The molecule has 0 unspecified atom stereocenters. The van der Waals surface area contributed by atoms with Crippen LogP contribution in [0.25, 0.3) is 0 Å². The average Bonchev–Trinajstić information content (AvgIpc) is 2.61. The highest BCUT2D eigenvalue weighted by Gasteiger charge is 2.34. The lowest BCUT2D eigenvalue weighted by Crippen LogP contribution is -2.49. The molecule has 0 fully saturated rings. The number of carbonyl (C=O) groups is 2. The van der Waals surface area contributed by atoms with Gasteiger partial charge in [-0.15, -0.1) is 0 Å². The van der Waals surface area contributed by atoms with Crippen molar-refractivity contribution in [1.82, 2.24) is 4.90 Å². The Bertz CT molecular complexity index is 771. The number of methoxy groups -OCH3 is 1. The zero-order valence-corrected chi connectivity index (χ0v) is 13.4. The molecule has 5 heteroatoms. The van der Waals surface area contributed by atoms with Crippen LogP contribution in [0.4, 0.5) is 0 Å². The lowest BCUT2D eigenvalue weighted by molar-refractivity contribution is -0.151. The number of carbonyl (C=O) groups excluding carboxylic acids is 1. The summed E-state index contributed by atoms with van der Waals surface area (Å²) in [5.74, 6) is -0.547. The third kappa shape index (κ3) is 3.11. The van der Waals surface area contributed by atoms with Gasteiger partial charge >= 0.3 is 5.97 Å². The highest BCUT2D eigenvalue weighted by molar-refractivity contribution is 5.86. The molecule has 124 valence electrons. The monoisotopic (exact) mass is 325 g/mol. The molecule has 0 radical (unpaired) electrons. The maximum Gasteiger partial charge on any atom is 0.326 e. The van der Waals surface area contributed by atoms with E-state index in [9.17, 15) is 14.7 Å². The van der Waals surface area contributed by atoms with Crippen LogP contribution in [0.2, 0.25) is 0 Å². The van der Waals surface area contributed by atoms with Gasteiger partial charge in [0.25, 0.3) is 0 Å². The third-order valence-corrected chi connectivity index (χ3v) is 4.39. The van der Waals surface area contributed by atoms with Gasteiger partial charge in [0.05, 0.1) is 13.5 Å². The van der Waals surface area contributed by atoms with Crippen molar-refractivity contribution in [3.63, 3.8) is 0 Å². The van der Waals surface area contributed by atoms with Crippen LogP contribution in [-0.4, -0.2) is 35.0 Å². The van der Waals surface area contributed by atoms with Gasteiger partial charge in [-0.1, -0.05) is 42.5 Å². The SMILES string of the molecule is COc1ccccc1CC(=O)N1Cc2ccccc2C[C@H]1C(=O)O. The first-order valence-electron chi connectivity index (χ1n) is 7.81. The van der Waals surface area contributed by atoms with Gasteiger partial charge in [0.15, 0.2) is 0 Å². The summed E-state index contributed by atoms with van der Waals surface area (Å²) in [4.78, 5) is 25.9. The first-order chi connectivity index (χ1) is 11.6. The number of ether oxygens (including phenoxy) is 1. The number of hydrogen-bond donors (Lipinski definition) is 1. The molecule has 0 aliphatic carbocycles. The number of aliphatic carboxylic acids is 1. The molecule has 24 heavy (non-hydrogen) atoms. The van der Waals surface area contributed by atoms with Gasteiger partial charge in [0.1, 0.15) is 11.8 Å². The molecule has 1 aliphatic heterocycles. The molecular formula is C19H19NO4. The fourth-order valence-electron chi connectivity index (χ4n) is 3.12. The second kappa shape index (κ2) is 6.74. The minimum Gasteiger partial charge on any atom is -0.496 e. The van der Waals surface area contributed by atoms with Crippen LogP contribution in [0.3, 0.4) is 0 Å². The van der Waals surface area contributed by atoms with E-state index in [2.05, 4.69) is 0 Å². The Kier molecular flexibility index (Phi) is 4.51. The van der Waals surface area contributed by atoms with E-state index in [0.29, 0.717) is 18.7 Å². The van der Waals surface area contributed by atoms with Crippen LogP contribution < -0.4 is 4.74 Å². The molecule has 0 saturated carbocycles. The van der Waals surface area contributed by atoms with Crippen molar-refractivity contribution in [2.45, 2.75) is 25.4 Å². The Labute approximate surface area is 140 Å². The predicted molar refractivity (Wildman–Crippen MR) is 88.8 cm³/mol. The summed E-state index contributed by atoms with van der Waals surface area (Å²) in [5.41, 5.74) is 2.75. The lowest BCUT2D eigenvalue weighted by Gasteiger charge is -2.34. The molecule has 0 aromatic heterocycles. The number of rotatable bonds is 4. The van der Waals surface area contributed by atoms with Crippen LogP contribution in [0, 0.1) is 0 Å². The Balaban J connectivity index is 1.86. The van der Waals surface area contributed by atoms with Crippen molar-refractivity contribution in [3.05, 3.63) is 65.2 Å². The fraction of sp³-hybridized carbons (Fsp3) is 0.263. The summed E-state index contributed by atoms with van der Waals surface area (Å²) in [7, 11) is 1.56. The quantitative estimate of drug-likeness (QED) is 0.936. The summed E-state index contributed by atoms with van der Waals surface area (Å²) in [5, 5.41) is 9.53. The van der Waals surface area contributed by atoms with Crippen LogP contribution in [0.5, 0.6) is 5.75 Å². The van der Waals surface area contributed by atoms with Crippen molar-refractivity contribution < 1.29 is 19.4 Å². The highest BCUT2D eigenvalue weighted by Crippen LogP contribution is 2.25. The summed E-state index contributed by atoms with van der Waals surface area (Å²) in [6.07, 6.45) is 0.457. The zero-order valence-electron chi connectivity index (χ0n) is 13.4. The molecule has 5 nitrogen and oxygen atoms in total. The van der Waals surface area contributed by atoms with E-state index in [1.165, 1.54) is 4.90 Å². The van der Waals surface area contributed by atoms with Gasteiger partial charge in [0.2, 0.25) is 5.91 Å². The molecule has 2 aromatic rings. The van der Waals surface area contributed by atoms with E-state index in [-0.39, 0.29) is 12.3 Å². The normalized spacial score (nSPS) is 16.4. The topological polar surface area (TPSA) is 66.8 Å². The molecular weight excluding hydrogens is 306 g/mol. The standard InChI is InChI=1S/C19H19NO4/c1-24-17-9-5-4-7-14(17)11-18(21)20-12-15-8-3-2-6-13(15)10-16(20)19(22)23/h2-9,16H,10-12H2,1H3,(H,22,23)/t16-/m0/s1. The second-order valence-electron chi connectivity index (χ2n) is 5.84. The molecule has 1 amide bonds. The van der Waals surface area contributed by atoms with Crippen LogP contribution in [0.1, 0.15) is 16.7 Å². The van der Waals surface area contributed by atoms with Crippen molar-refractivity contribution in [2.24, 2.45) is 0 Å². The molecule has 1 N–H and O–H groups in total. The van der Waals surface area contributed by atoms with Crippen molar-refractivity contribution >= 4 is 11.9 Å². The third-order valence-electron chi connectivity index (χ3n) is 4.39. The number of hydrogen-bond acceptors (Lipinski definition) is 3. The summed E-state index contributed by atoms with van der Waals surface area (Å²) < 4.78 is 5.28. The van der Waals surface area contributed by atoms with E-state index in [0.717, 1.165) is 16.7 Å². The maximum absolute atomic E-state index is 12.8. The Hall–Kier alpha value is -2.82. The summed E-state index contributed by atoms with van der Waals surface area (Å²) in [6, 6.07) is 14.1. The van der Waals surface area contributed by atoms with Crippen molar-refractivity contribution in [2.75, 3.05) is 7.11 Å². The first-order valence-corrected chi connectivity index (χ1v) is 7.81. The van der Waals surface area contributed by atoms with Gasteiger partial charge in [-0.25, -0.2) is 4.79 Å². The van der Waals surface area contributed by atoms with E-state index >= 15 is 0 Å². The minimum absolute atomic E-state index is 0.121. The number of benzene rings is 2. The van der Waals surface area contributed by atoms with Crippen LogP contribution in [0.15, 0.2) is 48.5 Å². The van der Waals surface area contributed by atoms with E-state index < -0.39 is 12.0 Å². The molecule has 0 bridgehead atoms. The number of para-hydroxylation sites is 1. The van der Waals surface area contributed by atoms with Crippen LogP contribution in [-0.2, 0) is 29.0 Å². The Morgan fingerprint density at radius 3 is 2.50 bits per heavy atom. The van der Waals surface area contributed by atoms with Gasteiger partial charge < -0.3 is 14.7 Å². The van der Waals surface area contributed by atoms with Crippen LogP contribution >= 0.6 is 0 Å². The van der Waals surface area contributed by atoms with E-state index in [4.69, 9.17) is 4.74 Å². The summed E-state index contributed by atoms with van der Waals surface area (Å²) >= 11 is 0. The predicted octanol–water partition coefficient (Wildman–Crippen LogP) is 2.28. The minimum atomic E-state index is -0.974. The molecule has 3 rings (SSSR count). The molecule has 1 aliphatic rings. The smallest absolute Gasteiger partial charge is 0.326 e. The summed E-state index contributed by atoms with van der Waals surface area (Å²) in [6.45, 7) is 0.321. The number of fused-ring (bicyclic) bond motifs is 1. The largest absolute Gasteiger partial charge is 0.496 e. The van der Waals surface area contributed by atoms with Gasteiger partial charge in [-0.3, -0.25) is 4.79 Å². The second-order valence-corrected chi connectivity index (χ2v) is 5.84. The number of carboxylic acids is 1. The molecule has 0 spiro atoms. The molecule has 2 aromatic carbocycles. The van der Waals surface area contributed by atoms with E-state index in [1.807, 2.05) is 42.5 Å². The number of carboxylic acid groups (broad SMARTS) is 1. The van der Waals surface area contributed by atoms with Crippen molar-refractivity contribution in [1.29, 1.82) is 0 Å². The lowest BCUT2D eigenvalue weighted by atomic mass is 9.93. The van der Waals surface area contributed by atoms with Gasteiger partial charge in [0, 0.05) is 18.5 Å². The average molecular weight is 325 g/mol. The molecule has 0 saturated heterocycles. The fourth-order valence-corrected chi connectivity index (χ4v) is 3.12. The highest BCUT2D eigenvalue weighted by atomic mass is 16.5. The molecule has 1 heterocycles. The molecule has 1 atom stereocenters. The number of nitrogens with zero attached hydrogens (tertiary/aromatic N) is 1. The number of amides is 1. The Morgan fingerprint density at radius 1 is 1.12 bits per heavy atom.